The number of aliphatic hydroxyl groups excluding tert-OH is 1. The number of aliphatic hydroxyl groups is 2. The first kappa shape index (κ1) is 35.3. The standard InChI is InChI=1S/C38H55N3O6/c1-27(32-16-9-10-21-39-32)12-11-13-28(2)35-29(3)17-18-33(37(4,45)20-19-31(42)22-34(43)47-35)46-36(44)41-25-38(26-41)23-40(24-38)30-14-7-5-6-8-15-30/h9-13,16-18,21,27,29-31,33,35,42,45H,5-8,14-15,19-20,22-26H2,1-4H3/b12-11+,18-17+,28-13+/t27-,29+,31-,33+,35-,37-/m1/s1. The molecule has 4 heterocycles. The lowest BCUT2D eigenvalue weighted by Crippen LogP contribution is -2.74. The Kier molecular flexibility index (Phi) is 11.6. The average molecular weight is 650 g/mol. The minimum absolute atomic E-state index is 0.107. The van der Waals surface area contributed by atoms with Crippen molar-refractivity contribution in [2.45, 2.75) is 121 Å². The molecule has 0 unspecified atom stereocenters. The van der Waals surface area contributed by atoms with Crippen LogP contribution in [0.1, 0.15) is 97.1 Å². The van der Waals surface area contributed by atoms with Crippen LogP contribution < -0.4 is 0 Å². The van der Waals surface area contributed by atoms with Crippen molar-refractivity contribution in [3.8, 4) is 0 Å². The highest BCUT2D eigenvalue weighted by molar-refractivity contribution is 5.71. The average Bonchev–Trinajstić information content (AvgIpc) is 3.28. The van der Waals surface area contributed by atoms with Gasteiger partial charge < -0.3 is 24.6 Å². The lowest BCUT2D eigenvalue weighted by Gasteiger charge is -2.61. The van der Waals surface area contributed by atoms with Gasteiger partial charge in [-0.25, -0.2) is 4.79 Å². The number of ether oxygens (including phenoxy) is 2. The van der Waals surface area contributed by atoms with E-state index in [2.05, 4.69) is 16.8 Å². The highest BCUT2D eigenvalue weighted by Crippen LogP contribution is 2.43. The molecule has 9 nitrogen and oxygen atoms in total. The second kappa shape index (κ2) is 15.5. The van der Waals surface area contributed by atoms with E-state index >= 15 is 0 Å². The van der Waals surface area contributed by atoms with Crippen molar-refractivity contribution in [2.24, 2.45) is 11.3 Å². The molecule has 3 fully saturated rings. The van der Waals surface area contributed by atoms with Gasteiger partial charge in [-0.3, -0.25) is 14.7 Å². The van der Waals surface area contributed by atoms with Crippen LogP contribution in [0.3, 0.4) is 0 Å². The fourth-order valence-electron chi connectivity index (χ4n) is 7.64. The number of hydrogen-bond donors (Lipinski definition) is 2. The fourth-order valence-corrected chi connectivity index (χ4v) is 7.64. The molecule has 47 heavy (non-hydrogen) atoms. The number of carbonyl (C=O) groups excluding carboxylic acids is 2. The highest BCUT2D eigenvalue weighted by atomic mass is 16.6. The maximum absolute atomic E-state index is 13.4. The quantitative estimate of drug-likeness (QED) is 0.169. The summed E-state index contributed by atoms with van der Waals surface area (Å²) < 4.78 is 11.9. The van der Waals surface area contributed by atoms with Crippen molar-refractivity contribution in [1.29, 1.82) is 0 Å². The molecule has 1 saturated carbocycles. The number of cyclic esters (lactones) is 1. The van der Waals surface area contributed by atoms with Gasteiger partial charge in [0.2, 0.25) is 0 Å². The number of aromatic nitrogens is 1. The zero-order valence-electron chi connectivity index (χ0n) is 28.7. The van der Waals surface area contributed by atoms with E-state index in [4.69, 9.17) is 9.47 Å². The van der Waals surface area contributed by atoms with E-state index in [1.54, 1.807) is 24.1 Å². The Bertz CT molecular complexity index is 1290. The molecular weight excluding hydrogens is 594 g/mol. The van der Waals surface area contributed by atoms with Crippen LogP contribution in [0.25, 0.3) is 0 Å². The van der Waals surface area contributed by atoms with Crippen molar-refractivity contribution in [3.05, 3.63) is 66.0 Å². The number of allylic oxidation sites excluding steroid dienone is 3. The summed E-state index contributed by atoms with van der Waals surface area (Å²) in [6, 6.07) is 6.52. The number of carbonyl (C=O) groups is 2. The summed E-state index contributed by atoms with van der Waals surface area (Å²) in [4.78, 5) is 35.0. The largest absolute Gasteiger partial charge is 0.457 e. The van der Waals surface area contributed by atoms with Gasteiger partial charge in [-0.2, -0.15) is 0 Å². The topological polar surface area (TPSA) is 112 Å². The van der Waals surface area contributed by atoms with Crippen molar-refractivity contribution in [1.82, 2.24) is 14.8 Å². The molecule has 0 radical (unpaired) electrons. The Morgan fingerprint density at radius 2 is 1.83 bits per heavy atom. The molecule has 0 bridgehead atoms. The molecule has 0 aromatic carbocycles. The predicted molar refractivity (Wildman–Crippen MR) is 182 cm³/mol. The van der Waals surface area contributed by atoms with Gasteiger partial charge in [-0.05, 0) is 63.3 Å². The molecule has 5 rings (SSSR count). The maximum Gasteiger partial charge on any atom is 0.410 e. The molecule has 1 amide bonds. The van der Waals surface area contributed by atoms with Crippen molar-refractivity contribution in [2.75, 3.05) is 26.2 Å². The molecule has 1 spiro atoms. The molecule has 1 aliphatic carbocycles. The fraction of sp³-hybridized carbons (Fsp3) is 0.658. The summed E-state index contributed by atoms with van der Waals surface area (Å²) in [6.45, 7) is 11.0. The van der Waals surface area contributed by atoms with E-state index in [0.29, 0.717) is 19.1 Å². The lowest BCUT2D eigenvalue weighted by molar-refractivity contribution is -0.151. The first-order valence-corrected chi connectivity index (χ1v) is 17.7. The van der Waals surface area contributed by atoms with Crippen LogP contribution in [0.5, 0.6) is 0 Å². The minimum Gasteiger partial charge on any atom is -0.457 e. The molecule has 6 atom stereocenters. The third kappa shape index (κ3) is 9.12. The van der Waals surface area contributed by atoms with E-state index in [9.17, 15) is 19.8 Å². The first-order valence-electron chi connectivity index (χ1n) is 17.7. The Morgan fingerprint density at radius 1 is 1.11 bits per heavy atom. The van der Waals surface area contributed by atoms with Gasteiger partial charge in [-0.1, -0.05) is 69.9 Å². The smallest absolute Gasteiger partial charge is 0.410 e. The Morgan fingerprint density at radius 3 is 2.51 bits per heavy atom. The zero-order valence-corrected chi connectivity index (χ0v) is 28.7. The van der Waals surface area contributed by atoms with Crippen molar-refractivity contribution < 1.29 is 29.3 Å². The SMILES string of the molecule is C/C(=C\C=C\[C@@H](C)c1ccccn1)[C@H]1OC(=O)C[C@H](O)CC[C@@](C)(O)[C@@H](OC(=O)N2CC3(C2)CN(C2CCCCCC2)C3)/C=C/[C@@H]1C. The molecule has 2 saturated heterocycles. The number of amides is 1. The van der Waals surface area contributed by atoms with Gasteiger partial charge in [-0.15, -0.1) is 0 Å². The van der Waals surface area contributed by atoms with E-state index in [-0.39, 0.29) is 36.5 Å². The molecule has 258 valence electrons. The van der Waals surface area contributed by atoms with Crippen LogP contribution >= 0.6 is 0 Å². The van der Waals surface area contributed by atoms with Gasteiger partial charge in [0, 0.05) is 61.4 Å². The molecule has 4 aliphatic rings. The Hall–Kier alpha value is -3.01. The number of nitrogens with zero attached hydrogens (tertiary/aromatic N) is 3. The Labute approximate surface area is 280 Å². The molecule has 1 aromatic rings. The minimum atomic E-state index is -1.43. The zero-order chi connectivity index (χ0) is 33.6. The highest BCUT2D eigenvalue weighted by Gasteiger charge is 2.55. The van der Waals surface area contributed by atoms with Crippen molar-refractivity contribution >= 4 is 12.1 Å². The van der Waals surface area contributed by atoms with Gasteiger partial charge in [0.05, 0.1) is 12.5 Å². The van der Waals surface area contributed by atoms with Crippen molar-refractivity contribution in [3.63, 3.8) is 0 Å². The third-order valence-electron chi connectivity index (χ3n) is 10.6. The van der Waals surface area contributed by atoms with E-state index < -0.39 is 36.0 Å². The lowest BCUT2D eigenvalue weighted by atomic mass is 9.72. The number of pyridine rings is 1. The summed E-state index contributed by atoms with van der Waals surface area (Å²) in [5.41, 5.74) is 0.523. The van der Waals surface area contributed by atoms with E-state index in [1.165, 1.54) is 38.5 Å². The number of esters is 1. The van der Waals surface area contributed by atoms with Gasteiger partial charge in [0.1, 0.15) is 11.7 Å². The molecule has 1 aromatic heterocycles. The number of likely N-dealkylation sites (tertiary alicyclic amines) is 2. The monoisotopic (exact) mass is 649 g/mol. The molecule has 3 aliphatic heterocycles. The summed E-state index contributed by atoms with van der Waals surface area (Å²) in [6.07, 6.45) is 16.3. The van der Waals surface area contributed by atoms with Crippen LogP contribution in [-0.4, -0.2) is 93.2 Å². The molecule has 2 N–H and O–H groups in total. The van der Waals surface area contributed by atoms with Crippen LogP contribution in [-0.2, 0) is 14.3 Å². The summed E-state index contributed by atoms with van der Waals surface area (Å²) in [5.74, 6) is -0.678. The van der Waals surface area contributed by atoms with Crippen LogP contribution in [0.15, 0.2) is 60.3 Å². The predicted octanol–water partition coefficient (Wildman–Crippen LogP) is 5.93. The second-order valence-electron chi connectivity index (χ2n) is 15.0. The normalized spacial score (nSPS) is 32.7. The number of rotatable bonds is 6. The van der Waals surface area contributed by atoms with Crippen LogP contribution in [0, 0.1) is 11.3 Å². The van der Waals surface area contributed by atoms with Gasteiger partial charge >= 0.3 is 12.1 Å². The second-order valence-corrected chi connectivity index (χ2v) is 15.0. The maximum atomic E-state index is 13.4. The van der Waals surface area contributed by atoms with E-state index in [0.717, 1.165) is 24.4 Å². The number of hydrogen-bond acceptors (Lipinski definition) is 8. The summed E-state index contributed by atoms with van der Waals surface area (Å²) in [5, 5.41) is 22.1. The van der Waals surface area contributed by atoms with Crippen LogP contribution in [0.2, 0.25) is 0 Å². The van der Waals surface area contributed by atoms with Gasteiger partial charge in [0.15, 0.2) is 6.10 Å². The summed E-state index contributed by atoms with van der Waals surface area (Å²) in [7, 11) is 0. The first-order chi connectivity index (χ1) is 22.4. The third-order valence-corrected chi connectivity index (χ3v) is 10.6. The van der Waals surface area contributed by atoms with E-state index in [1.807, 2.05) is 56.4 Å². The van der Waals surface area contributed by atoms with Crippen LogP contribution in [0.4, 0.5) is 4.79 Å². The van der Waals surface area contributed by atoms with Gasteiger partial charge in [0.25, 0.3) is 0 Å². The Balaban J connectivity index is 1.23. The molecule has 9 heteroatoms. The summed E-state index contributed by atoms with van der Waals surface area (Å²) >= 11 is 0. The molecular formula is C38H55N3O6.